The topological polar surface area (TPSA) is 50.9 Å². The van der Waals surface area contributed by atoms with Crippen LogP contribution in [0.15, 0.2) is 0 Å². The first-order chi connectivity index (χ1) is 7.31. The second-order valence-corrected chi connectivity index (χ2v) is 4.86. The van der Waals surface area contributed by atoms with Crippen LogP contribution in [0.5, 0.6) is 0 Å². The van der Waals surface area contributed by atoms with Crippen LogP contribution in [0.25, 0.3) is 0 Å². The second-order valence-electron chi connectivity index (χ2n) is 4.86. The largest absolute Gasteiger partial charge is 0.396 e. The van der Waals surface area contributed by atoms with E-state index in [0.29, 0.717) is 12.5 Å². The molecule has 0 saturated heterocycles. The van der Waals surface area contributed by atoms with Crippen molar-refractivity contribution in [3.8, 4) is 0 Å². The quantitative estimate of drug-likeness (QED) is 0.731. The van der Waals surface area contributed by atoms with E-state index in [1.54, 1.807) is 0 Å². The van der Waals surface area contributed by atoms with Crippen molar-refractivity contribution in [1.82, 2.24) is 15.0 Å². The van der Waals surface area contributed by atoms with Gasteiger partial charge in [0.2, 0.25) is 0 Å². The second kappa shape index (κ2) is 3.30. The molecule has 2 aliphatic carbocycles. The maximum Gasteiger partial charge on any atom is 0.0859 e. The van der Waals surface area contributed by atoms with E-state index in [2.05, 4.69) is 10.3 Å². The minimum atomic E-state index is 0.372. The van der Waals surface area contributed by atoms with Gasteiger partial charge in [0.05, 0.1) is 11.4 Å². The molecule has 1 fully saturated rings. The van der Waals surface area contributed by atoms with Crippen LogP contribution in [0.2, 0.25) is 0 Å². The summed E-state index contributed by atoms with van der Waals surface area (Å²) in [5.41, 5.74) is 2.48. The van der Waals surface area contributed by atoms with E-state index in [1.165, 1.54) is 24.2 Å². The van der Waals surface area contributed by atoms with Crippen LogP contribution >= 0.6 is 0 Å². The number of fused-ring (bicyclic) bond motifs is 2. The van der Waals surface area contributed by atoms with E-state index >= 15 is 0 Å². The Morgan fingerprint density at radius 1 is 1.33 bits per heavy atom. The highest BCUT2D eigenvalue weighted by molar-refractivity contribution is 5.14. The molecule has 0 amide bonds. The minimum absolute atomic E-state index is 0.372. The van der Waals surface area contributed by atoms with Gasteiger partial charge in [-0.15, -0.1) is 5.10 Å². The molecule has 3 atom stereocenters. The van der Waals surface area contributed by atoms with Gasteiger partial charge in [0.25, 0.3) is 0 Å². The molecular formula is C11H17N3O. The van der Waals surface area contributed by atoms with Crippen molar-refractivity contribution in [2.45, 2.75) is 25.7 Å². The van der Waals surface area contributed by atoms with Crippen molar-refractivity contribution in [1.29, 1.82) is 0 Å². The van der Waals surface area contributed by atoms with Crippen LogP contribution in [0.3, 0.4) is 0 Å². The first-order valence-electron chi connectivity index (χ1n) is 5.79. The molecule has 1 saturated carbocycles. The molecule has 4 heteroatoms. The fourth-order valence-electron chi connectivity index (χ4n) is 3.18. The van der Waals surface area contributed by atoms with Gasteiger partial charge in [0.15, 0.2) is 0 Å². The maximum absolute atomic E-state index is 9.21. The Morgan fingerprint density at radius 2 is 2.07 bits per heavy atom. The van der Waals surface area contributed by atoms with Crippen LogP contribution in [0.1, 0.15) is 24.2 Å². The molecule has 1 aromatic rings. The first kappa shape index (κ1) is 9.33. The number of aryl methyl sites for hydroxylation is 2. The number of rotatable bonds is 1. The molecule has 1 heterocycles. The third-order valence-electron chi connectivity index (χ3n) is 4.17. The zero-order chi connectivity index (χ0) is 10.4. The highest BCUT2D eigenvalue weighted by Gasteiger charge is 2.49. The van der Waals surface area contributed by atoms with Gasteiger partial charge in [0.1, 0.15) is 0 Å². The Hall–Kier alpha value is -0.900. The highest BCUT2D eigenvalue weighted by Crippen LogP contribution is 2.52. The number of aliphatic hydroxyl groups is 1. The molecule has 0 radical (unpaired) electrons. The van der Waals surface area contributed by atoms with Crippen molar-refractivity contribution in [2.24, 2.45) is 24.8 Å². The molecule has 0 spiro atoms. The average molecular weight is 207 g/mol. The summed E-state index contributed by atoms with van der Waals surface area (Å²) in [4.78, 5) is 0. The molecular weight excluding hydrogens is 190 g/mol. The number of hydrogen-bond donors (Lipinski definition) is 1. The molecule has 15 heavy (non-hydrogen) atoms. The lowest BCUT2D eigenvalue weighted by molar-refractivity contribution is 0.262. The summed E-state index contributed by atoms with van der Waals surface area (Å²) in [6, 6.07) is 0. The third kappa shape index (κ3) is 1.39. The van der Waals surface area contributed by atoms with Crippen molar-refractivity contribution in [2.75, 3.05) is 6.61 Å². The van der Waals surface area contributed by atoms with Crippen molar-refractivity contribution >= 4 is 0 Å². The monoisotopic (exact) mass is 207 g/mol. The van der Waals surface area contributed by atoms with Gasteiger partial charge in [0, 0.05) is 13.7 Å². The summed E-state index contributed by atoms with van der Waals surface area (Å²) in [6.45, 7) is 0.372. The molecule has 1 aromatic heterocycles. The van der Waals surface area contributed by atoms with E-state index in [4.69, 9.17) is 0 Å². The molecule has 0 bridgehead atoms. The molecule has 3 rings (SSSR count). The van der Waals surface area contributed by atoms with Gasteiger partial charge in [-0.2, -0.15) is 0 Å². The Balaban J connectivity index is 1.80. The summed E-state index contributed by atoms with van der Waals surface area (Å²) in [6.07, 6.45) is 4.50. The zero-order valence-electron chi connectivity index (χ0n) is 9.06. The number of aliphatic hydroxyl groups excluding tert-OH is 1. The Labute approximate surface area is 89.3 Å². The van der Waals surface area contributed by atoms with Gasteiger partial charge in [-0.05, 0) is 43.4 Å². The van der Waals surface area contributed by atoms with Gasteiger partial charge in [-0.3, -0.25) is 4.68 Å². The van der Waals surface area contributed by atoms with Gasteiger partial charge < -0.3 is 5.11 Å². The number of aromatic nitrogens is 3. The smallest absolute Gasteiger partial charge is 0.0859 e. The summed E-state index contributed by atoms with van der Waals surface area (Å²) in [7, 11) is 1.97. The summed E-state index contributed by atoms with van der Waals surface area (Å²) >= 11 is 0. The lowest BCUT2D eigenvalue weighted by Crippen LogP contribution is -2.04. The van der Waals surface area contributed by atoms with Crippen molar-refractivity contribution in [3.63, 3.8) is 0 Å². The fourth-order valence-corrected chi connectivity index (χ4v) is 3.18. The Bertz CT molecular complexity index is 374. The Morgan fingerprint density at radius 3 is 2.80 bits per heavy atom. The predicted octanol–water partition coefficient (Wildman–Crippen LogP) is 0.548. The van der Waals surface area contributed by atoms with Crippen molar-refractivity contribution in [3.05, 3.63) is 11.4 Å². The summed E-state index contributed by atoms with van der Waals surface area (Å²) in [5, 5.41) is 17.5. The minimum Gasteiger partial charge on any atom is -0.396 e. The normalized spacial score (nSPS) is 33.9. The predicted molar refractivity (Wildman–Crippen MR) is 55.2 cm³/mol. The number of nitrogens with zero attached hydrogens (tertiary/aromatic N) is 3. The standard InChI is InChI=1S/C11H17N3O/c1-14-11-5-3-8-7(9(8)6-15)2-4-10(11)12-13-14/h7-9,15H,2-6H2,1H3/t7?,8-,9?/m0/s1. The van der Waals surface area contributed by atoms with E-state index in [0.717, 1.165) is 24.7 Å². The maximum atomic E-state index is 9.21. The molecule has 1 N–H and O–H groups in total. The van der Waals surface area contributed by atoms with Crippen LogP contribution in [0.4, 0.5) is 0 Å². The van der Waals surface area contributed by atoms with E-state index < -0.39 is 0 Å². The first-order valence-corrected chi connectivity index (χ1v) is 5.79. The molecule has 2 unspecified atom stereocenters. The SMILES string of the molecule is Cn1nnc2c1CC[C@@H]1C(CO)C1CC2. The molecule has 0 aliphatic heterocycles. The number of hydrogen-bond acceptors (Lipinski definition) is 3. The van der Waals surface area contributed by atoms with Gasteiger partial charge in [-0.25, -0.2) is 0 Å². The average Bonchev–Trinajstić information content (AvgIpc) is 2.76. The van der Waals surface area contributed by atoms with Crippen LogP contribution < -0.4 is 0 Å². The van der Waals surface area contributed by atoms with E-state index in [9.17, 15) is 5.11 Å². The summed E-state index contributed by atoms with van der Waals surface area (Å²) in [5.74, 6) is 2.09. The van der Waals surface area contributed by atoms with E-state index in [-0.39, 0.29) is 0 Å². The summed E-state index contributed by atoms with van der Waals surface area (Å²) < 4.78 is 1.91. The van der Waals surface area contributed by atoms with Crippen LogP contribution in [0, 0.1) is 17.8 Å². The van der Waals surface area contributed by atoms with Crippen LogP contribution in [-0.2, 0) is 19.9 Å². The van der Waals surface area contributed by atoms with Gasteiger partial charge in [-0.1, -0.05) is 5.21 Å². The van der Waals surface area contributed by atoms with Crippen molar-refractivity contribution < 1.29 is 5.11 Å². The molecule has 0 aromatic carbocycles. The lowest BCUT2D eigenvalue weighted by atomic mass is 10.0. The highest BCUT2D eigenvalue weighted by atomic mass is 16.3. The fraction of sp³-hybridized carbons (Fsp3) is 0.818. The molecule has 82 valence electrons. The molecule has 2 aliphatic rings. The van der Waals surface area contributed by atoms with Crippen LogP contribution in [-0.4, -0.2) is 26.7 Å². The lowest BCUT2D eigenvalue weighted by Gasteiger charge is -2.07. The zero-order valence-corrected chi connectivity index (χ0v) is 9.06. The van der Waals surface area contributed by atoms with E-state index in [1.807, 2.05) is 11.7 Å². The van der Waals surface area contributed by atoms with Gasteiger partial charge >= 0.3 is 0 Å². The molecule has 4 nitrogen and oxygen atoms in total. The Kier molecular flexibility index (Phi) is 2.06. The third-order valence-corrected chi connectivity index (χ3v) is 4.17.